The summed E-state index contributed by atoms with van der Waals surface area (Å²) in [5.41, 5.74) is 4.02. The molecular weight excluding hydrogens is 282 g/mol. The zero-order chi connectivity index (χ0) is 16.0. The SMILES string of the molecule is CN1[C@@H]2CC[C@H]1C[C@@H](C=C(c1cccn1C)c1cccn1C)C2. The zero-order valence-electron chi connectivity index (χ0n) is 14.4. The number of hydrogen-bond donors (Lipinski definition) is 0. The summed E-state index contributed by atoms with van der Waals surface area (Å²) in [4.78, 5) is 2.62. The molecule has 4 rings (SSSR count). The Morgan fingerprint density at radius 2 is 1.43 bits per heavy atom. The lowest BCUT2D eigenvalue weighted by atomic mass is 9.88. The minimum absolute atomic E-state index is 0.698. The molecule has 3 nitrogen and oxygen atoms in total. The van der Waals surface area contributed by atoms with Gasteiger partial charge in [-0.15, -0.1) is 0 Å². The summed E-state index contributed by atoms with van der Waals surface area (Å²) in [6.45, 7) is 0. The van der Waals surface area contributed by atoms with Crippen molar-refractivity contribution in [1.29, 1.82) is 0 Å². The predicted octanol–water partition coefficient (Wildman–Crippen LogP) is 3.67. The van der Waals surface area contributed by atoms with Crippen molar-refractivity contribution in [2.45, 2.75) is 37.8 Å². The highest BCUT2D eigenvalue weighted by Gasteiger charge is 2.37. The van der Waals surface area contributed by atoms with E-state index in [0.29, 0.717) is 5.92 Å². The van der Waals surface area contributed by atoms with E-state index in [1.165, 1.54) is 42.6 Å². The van der Waals surface area contributed by atoms with Crippen LogP contribution in [0.25, 0.3) is 5.57 Å². The van der Waals surface area contributed by atoms with Crippen molar-refractivity contribution >= 4 is 5.57 Å². The minimum Gasteiger partial charge on any atom is -0.351 e. The Morgan fingerprint density at radius 1 is 0.913 bits per heavy atom. The van der Waals surface area contributed by atoms with Gasteiger partial charge < -0.3 is 14.0 Å². The zero-order valence-corrected chi connectivity index (χ0v) is 14.4. The summed E-state index contributed by atoms with van der Waals surface area (Å²) < 4.78 is 4.48. The van der Waals surface area contributed by atoms with E-state index in [1.807, 2.05) is 0 Å². The lowest BCUT2D eigenvalue weighted by Gasteiger charge is -2.35. The summed E-state index contributed by atoms with van der Waals surface area (Å²) in [5, 5.41) is 0. The molecule has 2 aliphatic heterocycles. The summed E-state index contributed by atoms with van der Waals surface area (Å²) in [5.74, 6) is 0.698. The summed E-state index contributed by atoms with van der Waals surface area (Å²) in [7, 11) is 6.60. The van der Waals surface area contributed by atoms with Gasteiger partial charge in [-0.3, -0.25) is 0 Å². The van der Waals surface area contributed by atoms with Crippen LogP contribution in [0, 0.1) is 5.92 Å². The molecule has 2 aromatic rings. The van der Waals surface area contributed by atoms with E-state index in [0.717, 1.165) is 12.1 Å². The summed E-state index contributed by atoms with van der Waals surface area (Å²) in [6, 6.07) is 10.3. The monoisotopic (exact) mass is 309 g/mol. The van der Waals surface area contributed by atoms with Crippen molar-refractivity contribution in [3.05, 3.63) is 54.1 Å². The van der Waals surface area contributed by atoms with Crippen LogP contribution in [0.4, 0.5) is 0 Å². The molecule has 0 aromatic carbocycles. The lowest BCUT2D eigenvalue weighted by Crippen LogP contribution is -2.39. The third kappa shape index (κ3) is 2.57. The second-order valence-corrected chi connectivity index (χ2v) is 7.37. The van der Waals surface area contributed by atoms with Crippen LogP contribution < -0.4 is 0 Å². The fraction of sp³-hybridized carbons (Fsp3) is 0.500. The van der Waals surface area contributed by atoms with Gasteiger partial charge >= 0.3 is 0 Å². The Labute approximate surface area is 139 Å². The van der Waals surface area contributed by atoms with Crippen molar-refractivity contribution in [1.82, 2.24) is 14.0 Å². The van der Waals surface area contributed by atoms with Crippen LogP contribution in [-0.4, -0.2) is 33.2 Å². The molecule has 2 aromatic heterocycles. The second-order valence-electron chi connectivity index (χ2n) is 7.37. The molecule has 2 saturated heterocycles. The van der Waals surface area contributed by atoms with Gasteiger partial charge in [-0.05, 0) is 62.9 Å². The Balaban J connectivity index is 1.71. The van der Waals surface area contributed by atoms with E-state index < -0.39 is 0 Å². The number of allylic oxidation sites excluding steroid dienone is 1. The molecule has 0 unspecified atom stereocenters. The normalized spacial score (nSPS) is 27.3. The molecule has 0 aliphatic carbocycles. The molecule has 0 saturated carbocycles. The highest BCUT2D eigenvalue weighted by Crippen LogP contribution is 2.39. The Hall–Kier alpha value is -1.74. The minimum atomic E-state index is 0.698. The average molecular weight is 309 g/mol. The van der Waals surface area contributed by atoms with Crippen LogP contribution >= 0.6 is 0 Å². The topological polar surface area (TPSA) is 13.1 Å². The molecule has 0 N–H and O–H groups in total. The Kier molecular flexibility index (Phi) is 3.68. The molecule has 2 fully saturated rings. The number of nitrogens with zero attached hydrogens (tertiary/aromatic N) is 3. The van der Waals surface area contributed by atoms with Crippen LogP contribution in [-0.2, 0) is 14.1 Å². The standard InChI is InChI=1S/C20H27N3/c1-21-10-4-6-19(21)18(20-7-5-11-22(20)2)14-15-12-16-8-9-17(13-15)23(16)3/h4-7,10-11,14-17H,8-9,12-13H2,1-3H3/t15-,16+,17-. The van der Waals surface area contributed by atoms with Crippen LogP contribution in [0.3, 0.4) is 0 Å². The van der Waals surface area contributed by atoms with Gasteiger partial charge in [0, 0.05) is 55.5 Å². The van der Waals surface area contributed by atoms with Crippen molar-refractivity contribution in [3.63, 3.8) is 0 Å². The van der Waals surface area contributed by atoms with Gasteiger partial charge in [0.05, 0.1) is 0 Å². The van der Waals surface area contributed by atoms with Crippen LogP contribution in [0.15, 0.2) is 42.7 Å². The van der Waals surface area contributed by atoms with Crippen molar-refractivity contribution in [2.75, 3.05) is 7.05 Å². The molecule has 4 heterocycles. The quantitative estimate of drug-likeness (QED) is 0.843. The van der Waals surface area contributed by atoms with E-state index in [2.05, 4.69) is 77.9 Å². The first kappa shape index (κ1) is 14.8. The maximum Gasteiger partial charge on any atom is 0.0495 e. The lowest BCUT2D eigenvalue weighted by molar-refractivity contribution is 0.152. The van der Waals surface area contributed by atoms with E-state index in [1.54, 1.807) is 0 Å². The highest BCUT2D eigenvalue weighted by molar-refractivity contribution is 5.77. The Bertz CT molecular complexity index is 665. The third-order valence-electron chi connectivity index (χ3n) is 5.98. The van der Waals surface area contributed by atoms with E-state index >= 15 is 0 Å². The molecule has 3 heteroatoms. The molecule has 0 radical (unpaired) electrons. The van der Waals surface area contributed by atoms with Crippen molar-refractivity contribution < 1.29 is 0 Å². The first-order valence-electron chi connectivity index (χ1n) is 8.80. The van der Waals surface area contributed by atoms with Gasteiger partial charge in [0.1, 0.15) is 0 Å². The number of aryl methyl sites for hydroxylation is 2. The van der Waals surface area contributed by atoms with Crippen LogP contribution in [0.5, 0.6) is 0 Å². The number of aromatic nitrogens is 2. The van der Waals surface area contributed by atoms with Gasteiger partial charge in [-0.25, -0.2) is 0 Å². The number of hydrogen-bond acceptors (Lipinski definition) is 1. The first-order chi connectivity index (χ1) is 11.1. The van der Waals surface area contributed by atoms with Crippen LogP contribution in [0.1, 0.15) is 37.1 Å². The van der Waals surface area contributed by atoms with Gasteiger partial charge in [-0.2, -0.15) is 0 Å². The van der Waals surface area contributed by atoms with Gasteiger partial charge in [0.15, 0.2) is 0 Å². The molecule has 0 amide bonds. The van der Waals surface area contributed by atoms with Gasteiger partial charge in [0.25, 0.3) is 0 Å². The van der Waals surface area contributed by atoms with Crippen LogP contribution in [0.2, 0.25) is 0 Å². The van der Waals surface area contributed by atoms with Crippen molar-refractivity contribution in [2.24, 2.45) is 20.0 Å². The van der Waals surface area contributed by atoms with E-state index in [4.69, 9.17) is 0 Å². The Morgan fingerprint density at radius 3 is 1.87 bits per heavy atom. The second kappa shape index (κ2) is 5.72. The maximum atomic E-state index is 2.62. The molecule has 3 atom stereocenters. The molecule has 23 heavy (non-hydrogen) atoms. The maximum absolute atomic E-state index is 2.62. The van der Waals surface area contributed by atoms with E-state index in [9.17, 15) is 0 Å². The summed E-state index contributed by atoms with van der Waals surface area (Å²) in [6.07, 6.45) is 12.2. The van der Waals surface area contributed by atoms with E-state index in [-0.39, 0.29) is 0 Å². The molecular formula is C20H27N3. The largest absolute Gasteiger partial charge is 0.351 e. The fourth-order valence-electron chi connectivity index (χ4n) is 4.61. The van der Waals surface area contributed by atoms with Gasteiger partial charge in [0.2, 0.25) is 0 Å². The average Bonchev–Trinajstić information content (AvgIpc) is 3.17. The third-order valence-corrected chi connectivity index (χ3v) is 5.98. The predicted molar refractivity (Wildman–Crippen MR) is 95.2 cm³/mol. The first-order valence-corrected chi connectivity index (χ1v) is 8.80. The smallest absolute Gasteiger partial charge is 0.0495 e. The summed E-state index contributed by atoms with van der Waals surface area (Å²) >= 11 is 0. The fourth-order valence-corrected chi connectivity index (χ4v) is 4.61. The molecule has 0 spiro atoms. The molecule has 2 bridgehead atoms. The highest BCUT2D eigenvalue weighted by atomic mass is 15.2. The number of rotatable bonds is 3. The number of fused-ring (bicyclic) bond motifs is 2. The molecule has 122 valence electrons. The number of piperidine rings is 1. The van der Waals surface area contributed by atoms with Crippen molar-refractivity contribution in [3.8, 4) is 0 Å². The molecule has 2 aliphatic rings. The van der Waals surface area contributed by atoms with Gasteiger partial charge in [-0.1, -0.05) is 6.08 Å².